The van der Waals surface area contributed by atoms with Crippen LogP contribution in [-0.2, 0) is 27.4 Å². The quantitative estimate of drug-likeness (QED) is 0.165. The van der Waals surface area contributed by atoms with Gasteiger partial charge in [0, 0.05) is 32.3 Å². The summed E-state index contributed by atoms with van der Waals surface area (Å²) in [5.74, 6) is 0.968. The molecule has 2 aromatic rings. The highest BCUT2D eigenvalue weighted by atomic mass is 16.5. The minimum atomic E-state index is -0.790. The summed E-state index contributed by atoms with van der Waals surface area (Å²) < 4.78 is 10.7. The van der Waals surface area contributed by atoms with Gasteiger partial charge in [-0.1, -0.05) is 41.2 Å². The first-order chi connectivity index (χ1) is 19.5. The SMILES string of the molecule is C=C(C)OCc1c(CC)cnc(C)c1OC(C)=O.CC.CC.CNc1nc2c(c(=O)[nH]1)N[C@@H](C(C=O)[C@H](C)O)CN2. The number of anilines is 3. The normalized spacial score (nSPS) is 14.2. The number of nitrogens with one attached hydrogen (secondary N) is 4. The topological polar surface area (TPSA) is 168 Å². The van der Waals surface area contributed by atoms with E-state index in [9.17, 15) is 19.5 Å². The number of esters is 1. The van der Waals surface area contributed by atoms with Gasteiger partial charge in [0.1, 0.15) is 18.6 Å². The van der Waals surface area contributed by atoms with Gasteiger partial charge < -0.3 is 35.3 Å². The third-order valence-corrected chi connectivity index (χ3v) is 5.65. The Labute approximate surface area is 243 Å². The average Bonchev–Trinajstić information content (AvgIpc) is 2.96. The van der Waals surface area contributed by atoms with E-state index < -0.39 is 12.0 Å². The van der Waals surface area contributed by atoms with Gasteiger partial charge in [0.25, 0.3) is 5.56 Å². The van der Waals surface area contributed by atoms with Crippen molar-refractivity contribution >= 4 is 29.7 Å². The third-order valence-electron chi connectivity index (χ3n) is 5.65. The van der Waals surface area contributed by atoms with E-state index in [-0.39, 0.29) is 23.3 Å². The number of rotatable bonds is 9. The van der Waals surface area contributed by atoms with Gasteiger partial charge in [-0.05, 0) is 32.8 Å². The van der Waals surface area contributed by atoms with Crippen LogP contribution in [0.1, 0.15) is 72.2 Å². The third kappa shape index (κ3) is 11.2. The van der Waals surface area contributed by atoms with Crippen LogP contribution in [0, 0.1) is 12.8 Å². The van der Waals surface area contributed by atoms with Crippen molar-refractivity contribution in [3.63, 3.8) is 0 Å². The van der Waals surface area contributed by atoms with Crippen molar-refractivity contribution in [2.24, 2.45) is 5.92 Å². The van der Waals surface area contributed by atoms with E-state index in [1.807, 2.05) is 41.5 Å². The molecule has 0 spiro atoms. The molecule has 0 amide bonds. The van der Waals surface area contributed by atoms with Crippen molar-refractivity contribution in [1.29, 1.82) is 0 Å². The van der Waals surface area contributed by atoms with Crippen molar-refractivity contribution in [1.82, 2.24) is 15.0 Å². The Morgan fingerprint density at radius 3 is 2.41 bits per heavy atom. The zero-order valence-corrected chi connectivity index (χ0v) is 26.1. The Kier molecular flexibility index (Phi) is 17.4. The highest BCUT2D eigenvalue weighted by Crippen LogP contribution is 2.27. The smallest absolute Gasteiger partial charge is 0.308 e. The van der Waals surface area contributed by atoms with Gasteiger partial charge >= 0.3 is 5.97 Å². The molecule has 3 rings (SSSR count). The molecule has 0 saturated heterocycles. The molecule has 3 heterocycles. The Balaban J connectivity index is 0.000000697. The van der Waals surface area contributed by atoms with E-state index in [4.69, 9.17) is 9.47 Å². The van der Waals surface area contributed by atoms with Crippen molar-refractivity contribution in [3.8, 4) is 5.75 Å². The number of H-pyrrole nitrogens is 1. The molecule has 12 heteroatoms. The lowest BCUT2D eigenvalue weighted by Crippen LogP contribution is -2.46. The minimum Gasteiger partial charge on any atom is -0.494 e. The summed E-state index contributed by atoms with van der Waals surface area (Å²) in [6.07, 6.45) is 2.50. The molecule has 0 aliphatic carbocycles. The Hall–Kier alpha value is -3.93. The van der Waals surface area contributed by atoms with Crippen molar-refractivity contribution in [2.75, 3.05) is 29.5 Å². The molecule has 0 aromatic carbocycles. The maximum Gasteiger partial charge on any atom is 0.308 e. The maximum atomic E-state index is 11.9. The van der Waals surface area contributed by atoms with E-state index in [0.717, 1.165) is 17.5 Å². The number of allylic oxidation sites excluding steroid dienone is 1. The second-order valence-corrected chi connectivity index (χ2v) is 8.59. The lowest BCUT2D eigenvalue weighted by molar-refractivity contribution is -0.132. The molecule has 12 nitrogen and oxygen atoms in total. The van der Waals surface area contributed by atoms with Gasteiger partial charge in [-0.25, -0.2) is 0 Å². The molecule has 41 heavy (non-hydrogen) atoms. The fourth-order valence-corrected chi connectivity index (χ4v) is 3.69. The summed E-state index contributed by atoms with van der Waals surface area (Å²) in [4.78, 5) is 45.0. The van der Waals surface area contributed by atoms with Crippen LogP contribution in [0.15, 0.2) is 23.3 Å². The number of ether oxygens (including phenoxy) is 2. The average molecular weight is 577 g/mol. The van der Waals surface area contributed by atoms with Crippen LogP contribution in [0.2, 0.25) is 0 Å². The molecular weight excluding hydrogens is 528 g/mol. The lowest BCUT2D eigenvalue weighted by Gasteiger charge is -2.31. The van der Waals surface area contributed by atoms with Gasteiger partial charge in [0.2, 0.25) is 5.95 Å². The second kappa shape index (κ2) is 19.2. The Bertz CT molecular complexity index is 1180. The maximum absolute atomic E-state index is 11.9. The number of hydrogen-bond acceptors (Lipinski definition) is 11. The van der Waals surface area contributed by atoms with Gasteiger partial charge in [0.05, 0.1) is 29.5 Å². The zero-order valence-electron chi connectivity index (χ0n) is 26.1. The molecule has 0 saturated carbocycles. The predicted molar refractivity (Wildman–Crippen MR) is 163 cm³/mol. The molecule has 5 N–H and O–H groups in total. The fraction of sp³-hybridized carbons (Fsp3) is 0.552. The van der Waals surface area contributed by atoms with Crippen LogP contribution in [-0.4, -0.2) is 58.1 Å². The molecule has 0 radical (unpaired) electrons. The summed E-state index contributed by atoms with van der Waals surface area (Å²) in [7, 11) is 1.65. The van der Waals surface area contributed by atoms with Crippen LogP contribution < -0.4 is 26.2 Å². The number of aliphatic hydroxyl groups is 1. The van der Waals surface area contributed by atoms with E-state index >= 15 is 0 Å². The fourth-order valence-electron chi connectivity index (χ4n) is 3.69. The first kappa shape index (κ1) is 37.1. The van der Waals surface area contributed by atoms with E-state index in [1.54, 1.807) is 27.1 Å². The summed E-state index contributed by atoms with van der Waals surface area (Å²) in [5, 5.41) is 18.3. The molecule has 1 aliphatic heterocycles. The first-order valence-electron chi connectivity index (χ1n) is 13.9. The highest BCUT2D eigenvalue weighted by Gasteiger charge is 2.30. The van der Waals surface area contributed by atoms with Gasteiger partial charge in [0.15, 0.2) is 11.6 Å². The number of carbonyl (C=O) groups is 2. The number of aromatic nitrogens is 3. The summed E-state index contributed by atoms with van der Waals surface area (Å²) in [6, 6.07) is -0.353. The van der Waals surface area contributed by atoms with Crippen molar-refractivity contribution in [2.45, 2.75) is 87.5 Å². The Morgan fingerprint density at radius 1 is 1.29 bits per heavy atom. The minimum absolute atomic E-state index is 0.280. The van der Waals surface area contributed by atoms with Gasteiger partial charge in [-0.3, -0.25) is 19.6 Å². The number of hydrogen-bond donors (Lipinski definition) is 5. The molecule has 1 aliphatic rings. The number of aryl methyl sites for hydroxylation is 2. The van der Waals surface area contributed by atoms with Crippen LogP contribution >= 0.6 is 0 Å². The Morgan fingerprint density at radius 2 is 1.93 bits per heavy atom. The number of pyridine rings is 1. The van der Waals surface area contributed by atoms with Gasteiger partial charge in [-0.2, -0.15) is 4.98 Å². The molecular formula is C29H48N6O6. The molecule has 2 aromatic heterocycles. The van der Waals surface area contributed by atoms with Crippen molar-refractivity contribution in [3.05, 3.63) is 45.7 Å². The summed E-state index contributed by atoms with van der Waals surface area (Å²) >= 11 is 0. The van der Waals surface area contributed by atoms with E-state index in [0.29, 0.717) is 48.4 Å². The van der Waals surface area contributed by atoms with Crippen LogP contribution in [0.25, 0.3) is 0 Å². The van der Waals surface area contributed by atoms with Crippen LogP contribution in [0.4, 0.5) is 17.5 Å². The number of carbonyl (C=O) groups excluding carboxylic acids is 2. The van der Waals surface area contributed by atoms with E-state index in [2.05, 4.69) is 37.5 Å². The monoisotopic (exact) mass is 576 g/mol. The molecule has 1 unspecified atom stereocenters. The van der Waals surface area contributed by atoms with Gasteiger partial charge in [-0.15, -0.1) is 0 Å². The summed E-state index contributed by atoms with van der Waals surface area (Å²) in [6.45, 7) is 21.0. The number of nitrogens with zero attached hydrogens (tertiary/aromatic N) is 2. The summed E-state index contributed by atoms with van der Waals surface area (Å²) in [5.41, 5.74) is 2.51. The second-order valence-electron chi connectivity index (χ2n) is 8.59. The molecule has 0 fully saturated rings. The molecule has 3 atom stereocenters. The number of aldehydes is 1. The zero-order chi connectivity index (χ0) is 31.7. The number of aliphatic hydroxyl groups excluding tert-OH is 1. The molecule has 230 valence electrons. The first-order valence-corrected chi connectivity index (χ1v) is 13.9. The number of fused-ring (bicyclic) bond motifs is 1. The predicted octanol–water partition coefficient (Wildman–Crippen LogP) is 4.19. The van der Waals surface area contributed by atoms with Crippen LogP contribution in [0.5, 0.6) is 5.75 Å². The standard InChI is InChI=1S/C14H19NO3.C11H17N5O3.2C2H6/c1-6-12-7-15-10(4)14(18-11(5)16)13(12)8-17-9(2)3;1-5(18)6(4-17)7-3-13-9-8(14-7)10(19)16-11(12-2)15-9;2*1-2/h7H,2,6,8H2,1,3-5H3;4-7,14,18H,3H2,1-2H3,(H3,12,13,15,16,19);2*1-2H3/t;5-,6?,7+;;/m.0../s1. The molecule has 0 bridgehead atoms. The van der Waals surface area contributed by atoms with Crippen molar-refractivity contribution < 1.29 is 24.2 Å². The van der Waals surface area contributed by atoms with E-state index in [1.165, 1.54) is 6.92 Å². The highest BCUT2D eigenvalue weighted by molar-refractivity contribution is 5.70. The largest absolute Gasteiger partial charge is 0.494 e. The van der Waals surface area contributed by atoms with Crippen LogP contribution in [0.3, 0.4) is 0 Å². The number of aromatic amines is 1. The lowest BCUT2D eigenvalue weighted by atomic mass is 9.94.